The fourth-order valence-electron chi connectivity index (χ4n) is 2.82. The quantitative estimate of drug-likeness (QED) is 0.701. The van der Waals surface area contributed by atoms with Crippen molar-refractivity contribution in [2.24, 2.45) is 0 Å². The van der Waals surface area contributed by atoms with Crippen molar-refractivity contribution < 1.29 is 9.53 Å². The Balaban J connectivity index is 1.52. The predicted octanol–water partition coefficient (Wildman–Crippen LogP) is 3.33. The summed E-state index contributed by atoms with van der Waals surface area (Å²) in [6.07, 6.45) is 3.42. The predicted molar refractivity (Wildman–Crippen MR) is 102 cm³/mol. The van der Waals surface area contributed by atoms with Crippen LogP contribution in [0.3, 0.4) is 0 Å². The molecule has 0 unspecified atom stereocenters. The maximum absolute atomic E-state index is 12.1. The Hall–Kier alpha value is -2.31. The second-order valence-corrected chi connectivity index (χ2v) is 8.17. The number of nitrogens with one attached hydrogen (secondary N) is 2. The van der Waals surface area contributed by atoms with Crippen molar-refractivity contribution in [1.29, 1.82) is 5.26 Å². The summed E-state index contributed by atoms with van der Waals surface area (Å²) in [6, 6.07) is 9.79. The van der Waals surface area contributed by atoms with E-state index in [1.54, 1.807) is 7.11 Å². The Bertz CT molecular complexity index is 811. The van der Waals surface area contributed by atoms with Gasteiger partial charge in [0, 0.05) is 11.8 Å². The van der Waals surface area contributed by atoms with Crippen molar-refractivity contribution in [1.82, 2.24) is 15.5 Å². The molecule has 2 aromatic rings. The molecular weight excluding hydrogens is 370 g/mol. The van der Waals surface area contributed by atoms with Gasteiger partial charge < -0.3 is 15.4 Å². The third-order valence-electron chi connectivity index (χ3n) is 4.10. The Labute approximate surface area is 160 Å². The average Bonchev–Trinajstić information content (AvgIpc) is 3.30. The van der Waals surface area contributed by atoms with Gasteiger partial charge >= 0.3 is 0 Å². The lowest BCUT2D eigenvalue weighted by Gasteiger charge is -2.21. The summed E-state index contributed by atoms with van der Waals surface area (Å²) in [5, 5.41) is 24.2. The fraction of sp³-hybridized carbons (Fsp3) is 0.412. The largest absolute Gasteiger partial charge is 0.497 e. The van der Waals surface area contributed by atoms with Gasteiger partial charge in [-0.25, -0.2) is 0 Å². The highest BCUT2D eigenvalue weighted by molar-refractivity contribution is 8.01. The number of carbonyl (C=O) groups excluding carboxylic acids is 1. The van der Waals surface area contributed by atoms with Gasteiger partial charge in [0.2, 0.25) is 11.0 Å². The van der Waals surface area contributed by atoms with Crippen LogP contribution in [0.1, 0.15) is 25.7 Å². The number of hydrogen-bond acceptors (Lipinski definition) is 8. The topological polar surface area (TPSA) is 99.9 Å². The molecule has 1 saturated carbocycles. The highest BCUT2D eigenvalue weighted by Crippen LogP contribution is 2.31. The molecule has 3 rings (SSSR count). The summed E-state index contributed by atoms with van der Waals surface area (Å²) >= 11 is 2.69. The molecule has 7 nitrogen and oxygen atoms in total. The summed E-state index contributed by atoms with van der Waals surface area (Å²) in [5.41, 5.74) is 0.171. The molecule has 1 aliphatic carbocycles. The number of methoxy groups -OCH3 is 1. The summed E-state index contributed by atoms with van der Waals surface area (Å²) in [5.74, 6) is 0.831. The molecule has 1 fully saturated rings. The van der Waals surface area contributed by atoms with Gasteiger partial charge in [-0.05, 0) is 37.8 Å². The van der Waals surface area contributed by atoms with Crippen LogP contribution in [0.4, 0.5) is 10.8 Å². The van der Waals surface area contributed by atoms with Gasteiger partial charge in [0.15, 0.2) is 4.34 Å². The van der Waals surface area contributed by atoms with Crippen LogP contribution >= 0.6 is 23.1 Å². The van der Waals surface area contributed by atoms with Crippen LogP contribution < -0.4 is 15.4 Å². The Morgan fingerprint density at radius 2 is 2.23 bits per heavy atom. The van der Waals surface area contributed by atoms with Crippen molar-refractivity contribution in [3.8, 4) is 11.8 Å². The number of amides is 1. The van der Waals surface area contributed by atoms with Crippen LogP contribution in [0.15, 0.2) is 28.6 Å². The number of benzene rings is 1. The van der Waals surface area contributed by atoms with Crippen LogP contribution in [0.2, 0.25) is 0 Å². The van der Waals surface area contributed by atoms with E-state index in [2.05, 4.69) is 26.9 Å². The number of nitriles is 1. The van der Waals surface area contributed by atoms with Crippen LogP contribution in [0.25, 0.3) is 0 Å². The van der Waals surface area contributed by atoms with Crippen molar-refractivity contribution in [3.05, 3.63) is 24.3 Å². The number of aromatic nitrogens is 2. The Morgan fingerprint density at radius 3 is 2.96 bits per heavy atom. The molecule has 9 heteroatoms. The van der Waals surface area contributed by atoms with Crippen LogP contribution in [0.5, 0.6) is 5.75 Å². The van der Waals surface area contributed by atoms with Gasteiger partial charge in [0.1, 0.15) is 11.3 Å². The molecule has 1 aliphatic rings. The molecule has 2 N–H and O–H groups in total. The molecule has 0 aliphatic heterocycles. The van der Waals surface area contributed by atoms with E-state index in [-0.39, 0.29) is 11.7 Å². The number of thioether (sulfide) groups is 1. The molecule has 0 atom stereocenters. The van der Waals surface area contributed by atoms with E-state index < -0.39 is 5.54 Å². The van der Waals surface area contributed by atoms with Crippen molar-refractivity contribution in [3.63, 3.8) is 0 Å². The summed E-state index contributed by atoms with van der Waals surface area (Å²) in [7, 11) is 1.62. The van der Waals surface area contributed by atoms with Gasteiger partial charge in [0.05, 0.1) is 18.9 Å². The van der Waals surface area contributed by atoms with E-state index in [1.165, 1.54) is 23.1 Å². The van der Waals surface area contributed by atoms with E-state index in [4.69, 9.17) is 4.74 Å². The minimum atomic E-state index is -0.683. The number of rotatable bonds is 7. The standard InChI is InChI=1S/C17H19N5O2S2/c1-24-13-6-4-5-12(9-13)19-15-21-22-16(26-15)25-10-14(23)20-17(11-18)7-2-3-8-17/h4-6,9H,2-3,7-8,10H2,1H3,(H,19,21)(H,20,23). The van der Waals surface area contributed by atoms with Crippen LogP contribution in [0, 0.1) is 11.3 Å². The lowest BCUT2D eigenvalue weighted by atomic mass is 10.0. The SMILES string of the molecule is COc1cccc(Nc2nnc(SCC(=O)NC3(C#N)CCCC3)s2)c1. The highest BCUT2D eigenvalue weighted by Gasteiger charge is 2.35. The lowest BCUT2D eigenvalue weighted by Crippen LogP contribution is -2.45. The number of hydrogen-bond donors (Lipinski definition) is 2. The highest BCUT2D eigenvalue weighted by atomic mass is 32.2. The second-order valence-electron chi connectivity index (χ2n) is 5.97. The van der Waals surface area contributed by atoms with Crippen molar-refractivity contribution >= 4 is 39.8 Å². The molecule has 1 amide bonds. The fourth-order valence-corrected chi connectivity index (χ4v) is 4.39. The summed E-state index contributed by atoms with van der Waals surface area (Å²) in [6.45, 7) is 0. The van der Waals surface area contributed by atoms with E-state index in [0.29, 0.717) is 9.47 Å². The smallest absolute Gasteiger partial charge is 0.231 e. The molecule has 26 heavy (non-hydrogen) atoms. The zero-order chi connectivity index (χ0) is 18.4. The van der Waals surface area contributed by atoms with Crippen molar-refractivity contribution in [2.75, 3.05) is 18.2 Å². The van der Waals surface area contributed by atoms with Crippen molar-refractivity contribution in [2.45, 2.75) is 35.6 Å². The van der Waals surface area contributed by atoms with E-state index in [1.807, 2.05) is 24.3 Å². The minimum absolute atomic E-state index is 0.143. The Morgan fingerprint density at radius 1 is 1.42 bits per heavy atom. The minimum Gasteiger partial charge on any atom is -0.497 e. The molecule has 1 heterocycles. The molecule has 0 bridgehead atoms. The zero-order valence-electron chi connectivity index (χ0n) is 14.3. The monoisotopic (exact) mass is 389 g/mol. The summed E-state index contributed by atoms with van der Waals surface area (Å²) in [4.78, 5) is 12.1. The summed E-state index contributed by atoms with van der Waals surface area (Å²) < 4.78 is 5.89. The third-order valence-corrected chi connectivity index (χ3v) is 6.08. The molecular formula is C17H19N5O2S2. The first-order chi connectivity index (χ1) is 12.6. The van der Waals surface area contributed by atoms with Crippen LogP contribution in [-0.2, 0) is 4.79 Å². The van der Waals surface area contributed by atoms with E-state index >= 15 is 0 Å². The van der Waals surface area contributed by atoms with Gasteiger partial charge in [-0.3, -0.25) is 4.79 Å². The Kier molecular flexibility index (Phi) is 5.96. The van der Waals surface area contributed by atoms with Gasteiger partial charge in [-0.15, -0.1) is 10.2 Å². The first-order valence-electron chi connectivity index (χ1n) is 8.22. The average molecular weight is 390 g/mol. The van der Waals surface area contributed by atoms with Gasteiger partial charge in [0.25, 0.3) is 0 Å². The molecule has 1 aromatic heterocycles. The normalized spacial score (nSPS) is 15.2. The molecule has 136 valence electrons. The molecule has 0 saturated heterocycles. The van der Waals surface area contributed by atoms with Gasteiger partial charge in [-0.2, -0.15) is 5.26 Å². The molecule has 0 spiro atoms. The molecule has 0 radical (unpaired) electrons. The van der Waals surface area contributed by atoms with Crippen LogP contribution in [-0.4, -0.2) is 34.5 Å². The number of carbonyl (C=O) groups is 1. The van der Waals surface area contributed by atoms with E-state index in [9.17, 15) is 10.1 Å². The second kappa shape index (κ2) is 8.38. The molecule has 1 aromatic carbocycles. The number of anilines is 2. The maximum Gasteiger partial charge on any atom is 0.231 e. The number of nitrogens with zero attached hydrogens (tertiary/aromatic N) is 3. The number of ether oxygens (including phenoxy) is 1. The lowest BCUT2D eigenvalue weighted by molar-refractivity contribution is -0.119. The van der Waals surface area contributed by atoms with E-state index in [0.717, 1.165) is 37.1 Å². The third kappa shape index (κ3) is 4.65. The zero-order valence-corrected chi connectivity index (χ0v) is 16.0. The maximum atomic E-state index is 12.1. The first-order valence-corrected chi connectivity index (χ1v) is 10.0. The van der Waals surface area contributed by atoms with Gasteiger partial charge in [-0.1, -0.05) is 29.2 Å². The first kappa shape index (κ1) is 18.5.